The fourth-order valence-corrected chi connectivity index (χ4v) is 0.941. The van der Waals surface area contributed by atoms with Crippen molar-refractivity contribution in [3.05, 3.63) is 17.0 Å². The number of aliphatic hydroxyl groups is 1. The summed E-state index contributed by atoms with van der Waals surface area (Å²) in [6.45, 7) is -0.492. The van der Waals surface area contributed by atoms with Crippen molar-refractivity contribution < 1.29 is 23.0 Å². The molecule has 1 aromatic rings. The molecule has 0 aromatic carbocycles. The third kappa shape index (κ3) is 3.52. The number of aliphatic hydroxyl groups excluding tert-OH is 1. The summed E-state index contributed by atoms with van der Waals surface area (Å²) >= 11 is 5.27. The molecule has 1 heterocycles. The summed E-state index contributed by atoms with van der Waals surface area (Å²) in [6, 6.07) is 0.613. The van der Waals surface area contributed by atoms with Crippen molar-refractivity contribution >= 4 is 11.6 Å². The van der Waals surface area contributed by atoms with E-state index in [-0.39, 0.29) is 19.1 Å². The molecule has 1 rings (SSSR count). The van der Waals surface area contributed by atoms with E-state index in [1.807, 2.05) is 0 Å². The van der Waals surface area contributed by atoms with Gasteiger partial charge in [0.05, 0.1) is 6.61 Å². The molecule has 1 N–H and O–H groups in total. The molecule has 0 bridgehead atoms. The first-order valence-corrected chi connectivity index (χ1v) is 4.16. The molecule has 4 nitrogen and oxygen atoms in total. The first-order chi connectivity index (χ1) is 6.93. The van der Waals surface area contributed by atoms with Crippen molar-refractivity contribution in [3.63, 3.8) is 0 Å². The topological polar surface area (TPSA) is 55.2 Å². The van der Waals surface area contributed by atoms with Crippen LogP contribution in [0.2, 0.25) is 5.28 Å². The van der Waals surface area contributed by atoms with Gasteiger partial charge in [0.25, 0.3) is 0 Å². The number of alkyl halides is 3. The molecule has 84 valence electrons. The van der Waals surface area contributed by atoms with Crippen molar-refractivity contribution in [1.82, 2.24) is 9.97 Å². The Morgan fingerprint density at radius 3 is 2.60 bits per heavy atom. The number of halogens is 4. The molecule has 0 unspecified atom stereocenters. The van der Waals surface area contributed by atoms with Gasteiger partial charge in [0.1, 0.15) is 6.61 Å². The smallest absolute Gasteiger partial charge is 0.433 e. The lowest BCUT2D eigenvalue weighted by molar-refractivity contribution is -0.141. The van der Waals surface area contributed by atoms with Gasteiger partial charge in [-0.1, -0.05) is 0 Å². The average Bonchev–Trinajstić information content (AvgIpc) is 2.12. The summed E-state index contributed by atoms with van der Waals surface area (Å²) in [5.41, 5.74) is -1.18. The van der Waals surface area contributed by atoms with Gasteiger partial charge in [0.2, 0.25) is 11.2 Å². The van der Waals surface area contributed by atoms with E-state index in [1.54, 1.807) is 0 Å². The second kappa shape index (κ2) is 4.63. The summed E-state index contributed by atoms with van der Waals surface area (Å²) in [6.07, 6.45) is -4.61. The molecular weight excluding hydrogens is 237 g/mol. The van der Waals surface area contributed by atoms with Crippen LogP contribution in [-0.2, 0) is 6.18 Å². The lowest BCUT2D eigenvalue weighted by atomic mass is 10.4. The van der Waals surface area contributed by atoms with E-state index < -0.39 is 17.2 Å². The van der Waals surface area contributed by atoms with Crippen molar-refractivity contribution in [1.29, 1.82) is 0 Å². The van der Waals surface area contributed by atoms with Crippen LogP contribution < -0.4 is 4.74 Å². The van der Waals surface area contributed by atoms with E-state index in [9.17, 15) is 13.2 Å². The van der Waals surface area contributed by atoms with E-state index in [0.717, 1.165) is 0 Å². The average molecular weight is 243 g/mol. The van der Waals surface area contributed by atoms with Crippen LogP contribution in [0.3, 0.4) is 0 Å². The molecule has 0 aliphatic rings. The molecule has 0 aliphatic heterocycles. The predicted molar refractivity (Wildman–Crippen MR) is 44.6 cm³/mol. The summed E-state index contributed by atoms with van der Waals surface area (Å²) in [4.78, 5) is 6.41. The Morgan fingerprint density at radius 1 is 1.40 bits per heavy atom. The first kappa shape index (κ1) is 12.0. The third-order valence-corrected chi connectivity index (χ3v) is 1.48. The van der Waals surface area contributed by atoms with E-state index in [1.165, 1.54) is 0 Å². The monoisotopic (exact) mass is 242 g/mol. The Balaban J connectivity index is 2.95. The fraction of sp³-hybridized carbons (Fsp3) is 0.429. The molecule has 0 atom stereocenters. The number of hydrogen-bond acceptors (Lipinski definition) is 4. The molecule has 0 saturated heterocycles. The van der Waals surface area contributed by atoms with Gasteiger partial charge in [-0.2, -0.15) is 18.2 Å². The Morgan fingerprint density at radius 2 is 2.07 bits per heavy atom. The maximum Gasteiger partial charge on any atom is 0.433 e. The van der Waals surface area contributed by atoms with E-state index >= 15 is 0 Å². The van der Waals surface area contributed by atoms with E-state index in [2.05, 4.69) is 14.7 Å². The molecule has 0 radical (unpaired) electrons. The molecule has 0 amide bonds. The predicted octanol–water partition coefficient (Wildman–Crippen LogP) is 1.52. The van der Waals surface area contributed by atoms with Crippen molar-refractivity contribution in [2.75, 3.05) is 13.2 Å². The molecular formula is C7H6ClF3N2O2. The van der Waals surface area contributed by atoms with Gasteiger partial charge < -0.3 is 9.84 Å². The lowest BCUT2D eigenvalue weighted by Gasteiger charge is -2.08. The summed E-state index contributed by atoms with van der Waals surface area (Å²) < 4.78 is 41.3. The highest BCUT2D eigenvalue weighted by molar-refractivity contribution is 6.28. The quantitative estimate of drug-likeness (QED) is 0.817. The fourth-order valence-electron chi connectivity index (χ4n) is 0.766. The standard InChI is InChI=1S/C7H6ClF3N2O2/c8-6-12-4(7(9,10)11)3-5(13-6)15-2-1-14/h3,14H,1-2H2. The van der Waals surface area contributed by atoms with Crippen LogP contribution in [0.4, 0.5) is 13.2 Å². The molecule has 0 aliphatic carbocycles. The van der Waals surface area contributed by atoms with Crippen molar-refractivity contribution in [2.24, 2.45) is 0 Å². The van der Waals surface area contributed by atoms with Gasteiger partial charge in [-0.15, -0.1) is 0 Å². The van der Waals surface area contributed by atoms with Gasteiger partial charge in [-0.05, 0) is 11.6 Å². The van der Waals surface area contributed by atoms with E-state index in [0.29, 0.717) is 6.07 Å². The van der Waals surface area contributed by atoms with Crippen LogP contribution in [0.5, 0.6) is 5.88 Å². The van der Waals surface area contributed by atoms with Crippen LogP contribution in [0.25, 0.3) is 0 Å². The van der Waals surface area contributed by atoms with Crippen molar-refractivity contribution in [2.45, 2.75) is 6.18 Å². The highest BCUT2D eigenvalue weighted by Gasteiger charge is 2.33. The normalized spacial score (nSPS) is 11.5. The largest absolute Gasteiger partial charge is 0.475 e. The molecule has 0 saturated carbocycles. The maximum atomic E-state index is 12.2. The number of hydrogen-bond donors (Lipinski definition) is 1. The van der Waals surface area contributed by atoms with Gasteiger partial charge in [0, 0.05) is 6.07 Å². The summed E-state index contributed by atoms with van der Waals surface area (Å²) in [5, 5.41) is 7.84. The second-order valence-corrected chi connectivity index (χ2v) is 2.77. The minimum Gasteiger partial charge on any atom is -0.475 e. The number of rotatable bonds is 3. The molecule has 8 heteroatoms. The second-order valence-electron chi connectivity index (χ2n) is 2.43. The zero-order chi connectivity index (χ0) is 11.5. The van der Waals surface area contributed by atoms with Crippen LogP contribution in [0.1, 0.15) is 5.69 Å². The highest BCUT2D eigenvalue weighted by atomic mass is 35.5. The third-order valence-electron chi connectivity index (χ3n) is 1.31. The lowest BCUT2D eigenvalue weighted by Crippen LogP contribution is -2.11. The number of nitrogens with zero attached hydrogens (tertiary/aromatic N) is 2. The molecule has 0 fully saturated rings. The van der Waals surface area contributed by atoms with Gasteiger partial charge in [0.15, 0.2) is 5.69 Å². The van der Waals surface area contributed by atoms with Crippen LogP contribution >= 0.6 is 11.6 Å². The van der Waals surface area contributed by atoms with Gasteiger partial charge in [-0.3, -0.25) is 0 Å². The first-order valence-electron chi connectivity index (χ1n) is 3.79. The Hall–Kier alpha value is -1.08. The molecule has 0 spiro atoms. The van der Waals surface area contributed by atoms with Gasteiger partial charge in [-0.25, -0.2) is 4.98 Å². The minimum atomic E-state index is -4.61. The Bertz CT molecular complexity index is 345. The summed E-state index contributed by atoms with van der Waals surface area (Å²) in [5.74, 6) is -0.323. The summed E-state index contributed by atoms with van der Waals surface area (Å²) in [7, 11) is 0. The zero-order valence-electron chi connectivity index (χ0n) is 7.25. The SMILES string of the molecule is OCCOc1cc(C(F)(F)F)nc(Cl)n1. The maximum absolute atomic E-state index is 12.2. The van der Waals surface area contributed by atoms with Crippen LogP contribution in [0.15, 0.2) is 6.07 Å². The Labute approximate surface area is 87.7 Å². The highest BCUT2D eigenvalue weighted by Crippen LogP contribution is 2.30. The minimum absolute atomic E-state index is 0.162. The van der Waals surface area contributed by atoms with Crippen molar-refractivity contribution in [3.8, 4) is 5.88 Å². The number of ether oxygens (including phenoxy) is 1. The Kier molecular flexibility index (Phi) is 3.70. The zero-order valence-corrected chi connectivity index (χ0v) is 8.01. The molecule has 1 aromatic heterocycles. The number of aromatic nitrogens is 2. The van der Waals surface area contributed by atoms with Crippen LogP contribution in [0, 0.1) is 0 Å². The molecule has 15 heavy (non-hydrogen) atoms. The van der Waals surface area contributed by atoms with Gasteiger partial charge >= 0.3 is 6.18 Å². The van der Waals surface area contributed by atoms with E-state index in [4.69, 9.17) is 16.7 Å². The van der Waals surface area contributed by atoms with Crippen LogP contribution in [-0.4, -0.2) is 28.3 Å².